The van der Waals surface area contributed by atoms with Gasteiger partial charge in [0.05, 0.1) is 0 Å². The Kier molecular flexibility index (Phi) is 4.91. The van der Waals surface area contributed by atoms with Gasteiger partial charge in [-0.1, -0.05) is 41.1 Å². The van der Waals surface area contributed by atoms with Gasteiger partial charge < -0.3 is 5.32 Å². The number of rotatable bonds is 5. The van der Waals surface area contributed by atoms with Crippen molar-refractivity contribution in [3.63, 3.8) is 0 Å². The smallest absolute Gasteiger partial charge is 0.0355 e. The van der Waals surface area contributed by atoms with E-state index in [9.17, 15) is 0 Å². The Morgan fingerprint density at radius 3 is 2.93 bits per heavy atom. The standard InChI is InChI=1S/C12H16BrN/c1-3-6-12(14-4-2)10-7-5-8-11(13)9-10/h3,5,7-9,12,14H,1,4,6H2,2H3. The highest BCUT2D eigenvalue weighted by Crippen LogP contribution is 2.20. The zero-order chi connectivity index (χ0) is 10.4. The van der Waals surface area contributed by atoms with Crippen LogP contribution in [0, 0.1) is 0 Å². The van der Waals surface area contributed by atoms with Gasteiger partial charge in [0, 0.05) is 10.5 Å². The second kappa shape index (κ2) is 5.99. The van der Waals surface area contributed by atoms with Gasteiger partial charge in [0.25, 0.3) is 0 Å². The first-order valence-corrected chi connectivity index (χ1v) is 5.67. The number of nitrogens with one attached hydrogen (secondary N) is 1. The van der Waals surface area contributed by atoms with Gasteiger partial charge in [-0.25, -0.2) is 0 Å². The lowest BCUT2D eigenvalue weighted by Crippen LogP contribution is -2.20. The molecular weight excluding hydrogens is 238 g/mol. The molecule has 0 heterocycles. The van der Waals surface area contributed by atoms with Gasteiger partial charge >= 0.3 is 0 Å². The third-order valence-electron chi connectivity index (χ3n) is 2.10. The van der Waals surface area contributed by atoms with E-state index in [1.165, 1.54) is 5.56 Å². The highest BCUT2D eigenvalue weighted by atomic mass is 79.9. The van der Waals surface area contributed by atoms with E-state index >= 15 is 0 Å². The predicted molar refractivity (Wildman–Crippen MR) is 65.4 cm³/mol. The van der Waals surface area contributed by atoms with Crippen LogP contribution < -0.4 is 5.32 Å². The van der Waals surface area contributed by atoms with Crippen LogP contribution in [0.25, 0.3) is 0 Å². The van der Waals surface area contributed by atoms with Crippen LogP contribution in [-0.2, 0) is 0 Å². The molecule has 1 aromatic carbocycles. The second-order valence-corrected chi connectivity index (χ2v) is 4.11. The summed E-state index contributed by atoms with van der Waals surface area (Å²) in [6.07, 6.45) is 2.92. The quantitative estimate of drug-likeness (QED) is 0.790. The van der Waals surface area contributed by atoms with Crippen molar-refractivity contribution in [3.05, 3.63) is 47.0 Å². The van der Waals surface area contributed by atoms with Crippen LogP contribution in [0.4, 0.5) is 0 Å². The second-order valence-electron chi connectivity index (χ2n) is 3.19. The minimum atomic E-state index is 0.384. The Balaban J connectivity index is 2.80. The summed E-state index contributed by atoms with van der Waals surface area (Å²) in [6, 6.07) is 8.78. The lowest BCUT2D eigenvalue weighted by atomic mass is 10.0. The maximum absolute atomic E-state index is 3.78. The molecule has 0 radical (unpaired) electrons. The highest BCUT2D eigenvalue weighted by Gasteiger charge is 2.07. The Morgan fingerprint density at radius 2 is 2.36 bits per heavy atom. The predicted octanol–water partition coefficient (Wildman–Crippen LogP) is 3.68. The Hall–Kier alpha value is -0.600. The van der Waals surface area contributed by atoms with Gasteiger partial charge in [0.15, 0.2) is 0 Å². The molecule has 1 rings (SSSR count). The largest absolute Gasteiger partial charge is 0.310 e. The van der Waals surface area contributed by atoms with Crippen molar-refractivity contribution in [2.45, 2.75) is 19.4 Å². The van der Waals surface area contributed by atoms with Crippen molar-refractivity contribution in [2.24, 2.45) is 0 Å². The third-order valence-corrected chi connectivity index (χ3v) is 2.60. The Bertz CT molecular complexity index is 296. The van der Waals surface area contributed by atoms with E-state index in [4.69, 9.17) is 0 Å². The molecule has 1 N–H and O–H groups in total. The van der Waals surface area contributed by atoms with Crippen LogP contribution in [0.2, 0.25) is 0 Å². The molecule has 0 aliphatic carbocycles. The summed E-state index contributed by atoms with van der Waals surface area (Å²) < 4.78 is 1.13. The van der Waals surface area contributed by atoms with E-state index in [0.717, 1.165) is 17.4 Å². The molecule has 0 bridgehead atoms. The van der Waals surface area contributed by atoms with E-state index in [2.05, 4.69) is 52.9 Å². The van der Waals surface area contributed by atoms with Gasteiger partial charge in [-0.05, 0) is 30.7 Å². The van der Waals surface area contributed by atoms with Crippen LogP contribution in [0.3, 0.4) is 0 Å². The van der Waals surface area contributed by atoms with Crippen molar-refractivity contribution < 1.29 is 0 Å². The van der Waals surface area contributed by atoms with E-state index in [1.54, 1.807) is 0 Å². The van der Waals surface area contributed by atoms with Crippen molar-refractivity contribution in [1.82, 2.24) is 5.32 Å². The summed E-state index contributed by atoms with van der Waals surface area (Å²) in [7, 11) is 0. The van der Waals surface area contributed by atoms with Crippen LogP contribution >= 0.6 is 15.9 Å². The molecule has 0 amide bonds. The molecule has 0 fully saturated rings. The van der Waals surface area contributed by atoms with Gasteiger partial charge in [-0.15, -0.1) is 6.58 Å². The molecule has 14 heavy (non-hydrogen) atoms. The molecule has 0 aromatic heterocycles. The summed E-state index contributed by atoms with van der Waals surface area (Å²) in [5.41, 5.74) is 1.31. The fourth-order valence-electron chi connectivity index (χ4n) is 1.47. The van der Waals surface area contributed by atoms with E-state index < -0.39 is 0 Å². The first-order chi connectivity index (χ1) is 6.77. The third kappa shape index (κ3) is 3.28. The fraction of sp³-hybridized carbons (Fsp3) is 0.333. The molecule has 0 saturated carbocycles. The van der Waals surface area contributed by atoms with Gasteiger partial charge in [0.2, 0.25) is 0 Å². The van der Waals surface area contributed by atoms with E-state index in [0.29, 0.717) is 6.04 Å². The SMILES string of the molecule is C=CCC(NCC)c1cccc(Br)c1. The van der Waals surface area contributed by atoms with Crippen LogP contribution in [0.1, 0.15) is 24.9 Å². The first kappa shape index (κ1) is 11.5. The van der Waals surface area contributed by atoms with E-state index in [-0.39, 0.29) is 0 Å². The van der Waals surface area contributed by atoms with Crippen LogP contribution in [0.15, 0.2) is 41.4 Å². The minimum absolute atomic E-state index is 0.384. The molecule has 0 aliphatic rings. The number of hydrogen-bond donors (Lipinski definition) is 1. The average molecular weight is 254 g/mol. The van der Waals surface area contributed by atoms with Crippen molar-refractivity contribution >= 4 is 15.9 Å². The van der Waals surface area contributed by atoms with Gasteiger partial charge in [0.1, 0.15) is 0 Å². The minimum Gasteiger partial charge on any atom is -0.310 e. The van der Waals surface area contributed by atoms with Crippen molar-refractivity contribution in [1.29, 1.82) is 0 Å². The van der Waals surface area contributed by atoms with Gasteiger partial charge in [-0.2, -0.15) is 0 Å². The van der Waals surface area contributed by atoms with Crippen molar-refractivity contribution in [2.75, 3.05) is 6.54 Å². The van der Waals surface area contributed by atoms with Crippen LogP contribution in [0.5, 0.6) is 0 Å². The number of benzene rings is 1. The number of halogens is 1. The summed E-state index contributed by atoms with van der Waals surface area (Å²) in [5, 5.41) is 3.43. The zero-order valence-electron chi connectivity index (χ0n) is 8.46. The molecule has 2 heteroatoms. The normalized spacial score (nSPS) is 12.4. The molecule has 76 valence electrons. The first-order valence-electron chi connectivity index (χ1n) is 4.87. The molecule has 1 aromatic rings. The lowest BCUT2D eigenvalue weighted by Gasteiger charge is -2.16. The van der Waals surface area contributed by atoms with Gasteiger partial charge in [-0.3, -0.25) is 0 Å². The summed E-state index contributed by atoms with van der Waals surface area (Å²) in [4.78, 5) is 0. The summed E-state index contributed by atoms with van der Waals surface area (Å²) in [5.74, 6) is 0. The molecule has 0 saturated heterocycles. The van der Waals surface area contributed by atoms with Crippen LogP contribution in [-0.4, -0.2) is 6.54 Å². The molecule has 0 spiro atoms. The molecule has 1 nitrogen and oxygen atoms in total. The van der Waals surface area contributed by atoms with Crippen molar-refractivity contribution in [3.8, 4) is 0 Å². The Morgan fingerprint density at radius 1 is 1.57 bits per heavy atom. The number of hydrogen-bond acceptors (Lipinski definition) is 1. The Labute approximate surface area is 94.3 Å². The zero-order valence-corrected chi connectivity index (χ0v) is 10.0. The fourth-order valence-corrected chi connectivity index (χ4v) is 1.89. The maximum Gasteiger partial charge on any atom is 0.0355 e. The monoisotopic (exact) mass is 253 g/mol. The molecule has 1 unspecified atom stereocenters. The van der Waals surface area contributed by atoms with E-state index in [1.807, 2.05) is 12.1 Å². The summed E-state index contributed by atoms with van der Waals surface area (Å²) in [6.45, 7) is 6.88. The molecule has 0 aliphatic heterocycles. The molecule has 1 atom stereocenters. The highest BCUT2D eigenvalue weighted by molar-refractivity contribution is 9.10. The lowest BCUT2D eigenvalue weighted by molar-refractivity contribution is 0.559. The average Bonchev–Trinajstić information content (AvgIpc) is 2.17. The topological polar surface area (TPSA) is 12.0 Å². The summed E-state index contributed by atoms with van der Waals surface area (Å²) >= 11 is 3.48. The maximum atomic E-state index is 3.78. The molecular formula is C12H16BrN.